The number of aromatic nitrogens is 1. The number of fused-ring (bicyclic) bond motifs is 3. The number of anilines is 1. The van der Waals surface area contributed by atoms with Crippen molar-refractivity contribution < 1.29 is 46.5 Å². The fourth-order valence-corrected chi connectivity index (χ4v) is 9.88. The van der Waals surface area contributed by atoms with Crippen LogP contribution in [0.1, 0.15) is 114 Å². The highest BCUT2D eigenvalue weighted by atomic mass is 35.5. The van der Waals surface area contributed by atoms with Crippen LogP contribution in [0.4, 0.5) is 23.7 Å². The number of nitrogens with one attached hydrogen (secondary N) is 1. The van der Waals surface area contributed by atoms with Crippen molar-refractivity contribution in [3.8, 4) is 11.5 Å². The number of methoxy groups -OCH3 is 1. The van der Waals surface area contributed by atoms with Crippen molar-refractivity contribution in [1.29, 1.82) is 0 Å². The number of aryl methyl sites for hydroxylation is 1. The minimum Gasteiger partial charge on any atom is -0.494 e. The predicted molar refractivity (Wildman–Crippen MR) is 223 cm³/mol. The highest BCUT2D eigenvalue weighted by Gasteiger charge is 2.60. The number of hydrogen-bond acceptors (Lipinski definition) is 8. The van der Waals surface area contributed by atoms with Gasteiger partial charge in [0.15, 0.2) is 0 Å². The molecule has 3 aliphatic carbocycles. The normalized spacial score (nSPS) is 22.9. The van der Waals surface area contributed by atoms with E-state index in [4.69, 9.17) is 30.5 Å². The van der Waals surface area contributed by atoms with Gasteiger partial charge in [-0.3, -0.25) is 14.7 Å². The number of carbonyl (C=O) groups is 3. The number of pyridine rings is 1. The first-order valence-electron chi connectivity index (χ1n) is 21.0. The van der Waals surface area contributed by atoms with Gasteiger partial charge in [-0.15, -0.1) is 0 Å². The Balaban J connectivity index is 1.28. The van der Waals surface area contributed by atoms with Gasteiger partial charge in [-0.2, -0.15) is 13.2 Å². The second-order valence-corrected chi connectivity index (χ2v) is 18.2. The standard InChI is InChI=1S/C46H57ClF3N3O7/c1-29(28-59-38-16-22-51-37-13-7-10-30(2)39(37)38)24-32-25-31-14-15-35(58-23-9-21-52-42(56)60-43(3,4)5)27-36(31)44(32)17-19-45(20-18-44,41(55)57-6)53(40(54)46(48,49)50)34-12-8-11-33(47)26-34/h8,11-12,14-16,22,26-27,29-30,32H,7,9-10,13,17-21,23-25,28H2,1-6H3,(H,52,56)/t29-,30-,32+,44?,45?/m1/s1. The summed E-state index contributed by atoms with van der Waals surface area (Å²) in [5, 5.41) is 2.86. The molecule has 0 aliphatic heterocycles. The zero-order valence-electron chi connectivity index (χ0n) is 35.4. The smallest absolute Gasteiger partial charge is 0.471 e. The van der Waals surface area contributed by atoms with Gasteiger partial charge in [-0.05, 0) is 156 Å². The van der Waals surface area contributed by atoms with Gasteiger partial charge < -0.3 is 24.3 Å². The average Bonchev–Trinajstić information content (AvgIpc) is 3.47. The molecular formula is C46H57ClF3N3O7. The lowest BCUT2D eigenvalue weighted by molar-refractivity contribution is -0.174. The highest BCUT2D eigenvalue weighted by Crippen LogP contribution is 2.58. The van der Waals surface area contributed by atoms with Crippen LogP contribution in [0.2, 0.25) is 5.02 Å². The van der Waals surface area contributed by atoms with Gasteiger partial charge in [-0.25, -0.2) is 9.59 Å². The SMILES string of the molecule is COC(=O)C1(N(C(=O)C(F)(F)F)c2cccc(Cl)c2)CCC2(CC1)c1cc(OCCCNC(=O)OC(C)(C)C)ccc1C[C@@H]2C[C@@H](C)COc1ccnc2c1[C@H](C)CCC2. The molecule has 0 unspecified atom stereocenters. The van der Waals surface area contributed by atoms with E-state index in [1.54, 1.807) is 20.8 Å². The van der Waals surface area contributed by atoms with Crippen LogP contribution < -0.4 is 19.7 Å². The Hall–Kier alpha value is -4.52. The number of alkyl carbamates (subject to hydrolysis) is 1. The molecule has 3 aromatic rings. The van der Waals surface area contributed by atoms with Crippen LogP contribution in [-0.4, -0.2) is 67.1 Å². The Morgan fingerprint density at radius 2 is 1.78 bits per heavy atom. The van der Waals surface area contributed by atoms with Crippen molar-refractivity contribution in [2.75, 3.05) is 31.8 Å². The van der Waals surface area contributed by atoms with Gasteiger partial charge in [0.05, 0.1) is 20.3 Å². The number of alkyl halides is 3. The van der Waals surface area contributed by atoms with Crippen molar-refractivity contribution in [2.24, 2.45) is 11.8 Å². The molecule has 3 aliphatic rings. The van der Waals surface area contributed by atoms with E-state index in [-0.39, 0.29) is 35.4 Å². The first kappa shape index (κ1) is 45.0. The molecule has 60 heavy (non-hydrogen) atoms. The summed E-state index contributed by atoms with van der Waals surface area (Å²) < 4.78 is 66.6. The molecule has 0 radical (unpaired) electrons. The number of esters is 1. The second-order valence-electron chi connectivity index (χ2n) is 17.8. The van der Waals surface area contributed by atoms with Crippen molar-refractivity contribution in [3.05, 3.63) is 82.1 Å². The number of rotatable bonds is 13. The van der Waals surface area contributed by atoms with Crippen LogP contribution in [0, 0.1) is 11.8 Å². The summed E-state index contributed by atoms with van der Waals surface area (Å²) in [7, 11) is 1.13. The van der Waals surface area contributed by atoms with Gasteiger partial charge in [-0.1, -0.05) is 37.6 Å². The molecule has 1 fully saturated rings. The summed E-state index contributed by atoms with van der Waals surface area (Å²) in [5.41, 5.74) is 1.13. The molecule has 1 heterocycles. The minimum absolute atomic E-state index is 0.0400. The average molecular weight is 856 g/mol. The third-order valence-corrected chi connectivity index (χ3v) is 12.6. The van der Waals surface area contributed by atoms with Crippen LogP contribution in [0.15, 0.2) is 54.7 Å². The molecule has 1 spiro atoms. The first-order chi connectivity index (χ1) is 28.4. The van der Waals surface area contributed by atoms with Crippen molar-refractivity contribution in [2.45, 2.75) is 127 Å². The summed E-state index contributed by atoms with van der Waals surface area (Å²) in [5.74, 6) is -1.11. The molecule has 3 atom stereocenters. The van der Waals surface area contributed by atoms with E-state index in [2.05, 4.69) is 24.1 Å². The number of halogens is 4. The number of nitrogens with zero attached hydrogens (tertiary/aromatic N) is 2. The van der Waals surface area contributed by atoms with E-state index in [1.807, 2.05) is 30.5 Å². The fourth-order valence-electron chi connectivity index (χ4n) is 9.69. The molecule has 1 saturated carbocycles. The fraction of sp³-hybridized carbons (Fsp3) is 0.565. The van der Waals surface area contributed by atoms with Gasteiger partial charge in [0.1, 0.15) is 22.6 Å². The quantitative estimate of drug-likeness (QED) is 0.134. The lowest BCUT2D eigenvalue weighted by atomic mass is 9.59. The lowest BCUT2D eigenvalue weighted by Crippen LogP contribution is -2.63. The van der Waals surface area contributed by atoms with Crippen LogP contribution in [0.5, 0.6) is 11.5 Å². The monoisotopic (exact) mass is 855 g/mol. The minimum atomic E-state index is -5.28. The molecule has 10 nitrogen and oxygen atoms in total. The second kappa shape index (κ2) is 18.2. The summed E-state index contributed by atoms with van der Waals surface area (Å²) in [6.07, 6.45) is 1.54. The number of carbonyl (C=O) groups excluding carboxylic acids is 3. The Kier molecular flexibility index (Phi) is 13.7. The topological polar surface area (TPSA) is 116 Å². The maximum Gasteiger partial charge on any atom is 0.471 e. The van der Waals surface area contributed by atoms with E-state index >= 15 is 0 Å². The molecule has 1 N–H and O–H groups in total. The Bertz CT molecular complexity index is 2030. The molecule has 0 bridgehead atoms. The third-order valence-electron chi connectivity index (χ3n) is 12.4. The molecule has 0 saturated heterocycles. The van der Waals surface area contributed by atoms with E-state index < -0.39 is 40.7 Å². The van der Waals surface area contributed by atoms with Crippen LogP contribution in [0.3, 0.4) is 0 Å². The van der Waals surface area contributed by atoms with E-state index in [1.165, 1.54) is 29.8 Å². The van der Waals surface area contributed by atoms with Crippen LogP contribution in [0.25, 0.3) is 0 Å². The Morgan fingerprint density at radius 3 is 2.47 bits per heavy atom. The molecule has 6 rings (SSSR count). The lowest BCUT2D eigenvalue weighted by Gasteiger charge is -2.51. The maximum absolute atomic E-state index is 14.5. The Labute approximate surface area is 355 Å². The van der Waals surface area contributed by atoms with Crippen molar-refractivity contribution in [3.63, 3.8) is 0 Å². The molecule has 326 valence electrons. The molecule has 2 aromatic carbocycles. The van der Waals surface area contributed by atoms with Gasteiger partial charge in [0.2, 0.25) is 0 Å². The first-order valence-corrected chi connectivity index (χ1v) is 21.3. The zero-order valence-corrected chi connectivity index (χ0v) is 36.1. The van der Waals surface area contributed by atoms with Crippen LogP contribution >= 0.6 is 11.6 Å². The van der Waals surface area contributed by atoms with Gasteiger partial charge in [0.25, 0.3) is 0 Å². The largest absolute Gasteiger partial charge is 0.494 e. The maximum atomic E-state index is 14.5. The van der Waals surface area contributed by atoms with Crippen molar-refractivity contribution in [1.82, 2.24) is 10.3 Å². The summed E-state index contributed by atoms with van der Waals surface area (Å²) in [4.78, 5) is 44.6. The molecule has 14 heteroatoms. The van der Waals surface area contributed by atoms with Crippen molar-refractivity contribution >= 4 is 35.3 Å². The number of amides is 2. The number of ether oxygens (including phenoxy) is 4. The summed E-state index contributed by atoms with van der Waals surface area (Å²) >= 11 is 6.26. The molecular weight excluding hydrogens is 799 g/mol. The number of benzene rings is 2. The summed E-state index contributed by atoms with van der Waals surface area (Å²) in [6.45, 7) is 10.9. The van der Waals surface area contributed by atoms with E-state index in [0.717, 1.165) is 55.4 Å². The third kappa shape index (κ3) is 9.82. The number of hydrogen-bond donors (Lipinski definition) is 1. The van der Waals surface area contributed by atoms with Gasteiger partial charge >= 0.3 is 24.1 Å². The van der Waals surface area contributed by atoms with E-state index in [0.29, 0.717) is 62.0 Å². The zero-order chi connectivity index (χ0) is 43.5. The predicted octanol–water partition coefficient (Wildman–Crippen LogP) is 10.1. The summed E-state index contributed by atoms with van der Waals surface area (Å²) in [6, 6.07) is 13.5. The Morgan fingerprint density at radius 1 is 1.03 bits per heavy atom. The van der Waals surface area contributed by atoms with Crippen LogP contribution in [-0.2, 0) is 37.3 Å². The van der Waals surface area contributed by atoms with Gasteiger partial charge in [0, 0.05) is 34.7 Å². The molecule has 1 aromatic heterocycles. The highest BCUT2D eigenvalue weighted by molar-refractivity contribution is 6.31. The molecule has 2 amide bonds. The van der Waals surface area contributed by atoms with E-state index in [9.17, 15) is 27.6 Å².